The van der Waals surface area contributed by atoms with Crippen LogP contribution >= 0.6 is 34.8 Å². The third-order valence-corrected chi connectivity index (χ3v) is 6.59. The quantitative estimate of drug-likeness (QED) is 0.325. The van der Waals surface area contributed by atoms with Gasteiger partial charge in [0.15, 0.2) is 22.6 Å². The van der Waals surface area contributed by atoms with Gasteiger partial charge in [0, 0.05) is 0 Å². The van der Waals surface area contributed by atoms with E-state index in [1.807, 2.05) is 0 Å². The fourth-order valence-electron chi connectivity index (χ4n) is 2.29. The first-order valence-corrected chi connectivity index (χ1v) is 11.6. The predicted octanol–water partition coefficient (Wildman–Crippen LogP) is 1.91. The normalized spacial score (nSPS) is 11.9. The molecule has 0 spiro atoms. The molecule has 2 aromatic heterocycles. The Balaban J connectivity index is 2.28. The topological polar surface area (TPSA) is 234 Å². The first kappa shape index (κ1) is 24.0. The standard InChI is InChI=1S/C12H7Cl3N9O6S2/c13-5-9(15)19-23-21-11(5)17-3-1-2-4(18-12-6(14)10(16)20-24-22-12)8(32(28,29)30)7(3)31(25,26)27/h1-2,16H,(H,17,19,21)(H,18,20,22)(H,25,26,27)(H,28,29,30). The van der Waals surface area contributed by atoms with Gasteiger partial charge in [-0.25, -0.2) is 0 Å². The zero-order valence-electron chi connectivity index (χ0n) is 14.8. The lowest BCUT2D eigenvalue weighted by molar-refractivity contribution is 0.467. The van der Waals surface area contributed by atoms with Crippen molar-refractivity contribution in [1.29, 1.82) is 0 Å². The molecule has 3 rings (SSSR count). The average molecular weight is 544 g/mol. The Morgan fingerprint density at radius 3 is 1.66 bits per heavy atom. The molecule has 0 aliphatic heterocycles. The maximum atomic E-state index is 12.1. The van der Waals surface area contributed by atoms with Gasteiger partial charge in [-0.1, -0.05) is 34.8 Å². The SMILES string of the molecule is [NH]c1nnnc(Nc2ccc(Nc3nnnc(Cl)c3Cl)c(S(=O)(=O)O)c2S(=O)(=O)O)c1Cl. The Bertz CT molecular complexity index is 1330. The number of benzene rings is 1. The van der Waals surface area contributed by atoms with Gasteiger partial charge in [0.05, 0.1) is 11.4 Å². The summed E-state index contributed by atoms with van der Waals surface area (Å²) in [5, 5.41) is 23.7. The molecule has 0 amide bonds. The van der Waals surface area contributed by atoms with Crippen LogP contribution in [0, 0.1) is 0 Å². The van der Waals surface area contributed by atoms with Gasteiger partial charge in [0.1, 0.15) is 19.8 Å². The lowest BCUT2D eigenvalue weighted by atomic mass is 10.2. The highest BCUT2D eigenvalue weighted by molar-refractivity contribution is 7.89. The van der Waals surface area contributed by atoms with Crippen LogP contribution in [-0.4, -0.2) is 56.8 Å². The van der Waals surface area contributed by atoms with Crippen LogP contribution in [0.25, 0.3) is 0 Å². The number of rotatable bonds is 6. The molecular formula is C12H7Cl3N9O6S2. The van der Waals surface area contributed by atoms with E-state index < -0.39 is 58.1 Å². The molecule has 0 saturated heterocycles. The van der Waals surface area contributed by atoms with E-state index in [9.17, 15) is 25.9 Å². The van der Waals surface area contributed by atoms with Crippen LogP contribution in [-0.2, 0) is 20.2 Å². The molecule has 169 valence electrons. The summed E-state index contributed by atoms with van der Waals surface area (Å²) in [6, 6.07) is 1.96. The van der Waals surface area contributed by atoms with Crippen LogP contribution < -0.4 is 16.4 Å². The second kappa shape index (κ2) is 8.70. The number of aromatic nitrogens is 6. The van der Waals surface area contributed by atoms with Crippen molar-refractivity contribution in [3.63, 3.8) is 0 Å². The minimum absolute atomic E-state index is 0.305. The lowest BCUT2D eigenvalue weighted by Gasteiger charge is -2.17. The van der Waals surface area contributed by atoms with Crippen LogP contribution in [0.1, 0.15) is 0 Å². The fraction of sp³-hybridized carbons (Fsp3) is 0. The minimum atomic E-state index is -5.33. The monoisotopic (exact) mass is 542 g/mol. The number of anilines is 4. The minimum Gasteiger partial charge on any atom is -0.336 e. The molecule has 15 nitrogen and oxygen atoms in total. The molecule has 0 saturated carbocycles. The summed E-state index contributed by atoms with van der Waals surface area (Å²) in [6.45, 7) is 0. The molecule has 0 atom stereocenters. The molecule has 0 bridgehead atoms. The third kappa shape index (κ3) is 4.88. The molecule has 0 aliphatic rings. The van der Waals surface area contributed by atoms with Gasteiger partial charge in [-0.3, -0.25) is 14.8 Å². The van der Waals surface area contributed by atoms with E-state index in [0.29, 0.717) is 0 Å². The van der Waals surface area contributed by atoms with E-state index in [0.717, 1.165) is 12.1 Å². The Morgan fingerprint density at radius 1 is 0.750 bits per heavy atom. The lowest BCUT2D eigenvalue weighted by Crippen LogP contribution is -2.14. The molecule has 1 radical (unpaired) electrons. The average Bonchev–Trinajstić information content (AvgIpc) is 2.68. The summed E-state index contributed by atoms with van der Waals surface area (Å²) in [5.41, 5.74) is 6.31. The molecule has 20 heteroatoms. The van der Waals surface area contributed by atoms with Gasteiger partial charge < -0.3 is 10.6 Å². The number of nitrogens with zero attached hydrogens (tertiary/aromatic N) is 6. The summed E-state index contributed by atoms with van der Waals surface area (Å²) in [5.74, 6) is -1.28. The molecular weight excluding hydrogens is 537 g/mol. The molecule has 5 N–H and O–H groups in total. The summed E-state index contributed by atoms with van der Waals surface area (Å²) < 4.78 is 67.9. The van der Waals surface area contributed by atoms with Gasteiger partial charge in [-0.2, -0.15) is 16.8 Å². The van der Waals surface area contributed by atoms with Crippen molar-refractivity contribution >= 4 is 83.9 Å². The highest BCUT2D eigenvalue weighted by atomic mass is 35.5. The Hall–Kier alpha value is -2.67. The largest absolute Gasteiger partial charge is 0.336 e. The van der Waals surface area contributed by atoms with Crippen LogP contribution in [0.4, 0.5) is 28.8 Å². The maximum Gasteiger partial charge on any atom is 0.298 e. The van der Waals surface area contributed by atoms with E-state index in [1.165, 1.54) is 0 Å². The molecule has 32 heavy (non-hydrogen) atoms. The smallest absolute Gasteiger partial charge is 0.298 e. The third-order valence-electron chi connectivity index (χ3n) is 3.51. The van der Waals surface area contributed by atoms with Crippen molar-refractivity contribution in [3.8, 4) is 0 Å². The first-order chi connectivity index (χ1) is 14.8. The van der Waals surface area contributed by atoms with Crippen LogP contribution in [0.2, 0.25) is 15.2 Å². The van der Waals surface area contributed by atoms with Crippen LogP contribution in [0.3, 0.4) is 0 Å². The molecule has 2 heterocycles. The van der Waals surface area contributed by atoms with Gasteiger partial charge >= 0.3 is 0 Å². The van der Waals surface area contributed by atoms with E-state index in [4.69, 9.17) is 40.5 Å². The highest BCUT2D eigenvalue weighted by Gasteiger charge is 2.32. The van der Waals surface area contributed by atoms with Crippen molar-refractivity contribution < 1.29 is 25.9 Å². The maximum absolute atomic E-state index is 12.1. The van der Waals surface area contributed by atoms with Crippen molar-refractivity contribution in [3.05, 3.63) is 27.3 Å². The summed E-state index contributed by atoms with van der Waals surface area (Å²) in [4.78, 5) is -2.59. The van der Waals surface area contributed by atoms with Crippen molar-refractivity contribution in [1.82, 2.24) is 36.6 Å². The van der Waals surface area contributed by atoms with E-state index in [2.05, 4.69) is 41.5 Å². The van der Waals surface area contributed by atoms with Crippen LogP contribution in [0.15, 0.2) is 21.9 Å². The van der Waals surface area contributed by atoms with E-state index >= 15 is 0 Å². The Kier molecular flexibility index (Phi) is 6.52. The second-order valence-electron chi connectivity index (χ2n) is 5.56. The molecule has 0 unspecified atom stereocenters. The number of nitrogens with one attached hydrogen (secondary N) is 3. The first-order valence-electron chi connectivity index (χ1n) is 7.61. The molecule has 0 fully saturated rings. The number of hydrogen-bond acceptors (Lipinski definition) is 12. The van der Waals surface area contributed by atoms with Gasteiger partial charge in [0.2, 0.25) is 0 Å². The van der Waals surface area contributed by atoms with Gasteiger partial charge in [-0.05, 0) is 22.6 Å². The van der Waals surface area contributed by atoms with Crippen LogP contribution in [0.5, 0.6) is 0 Å². The van der Waals surface area contributed by atoms with Crippen molar-refractivity contribution in [2.24, 2.45) is 0 Å². The predicted molar refractivity (Wildman–Crippen MR) is 110 cm³/mol. The van der Waals surface area contributed by atoms with Crippen molar-refractivity contribution in [2.45, 2.75) is 9.79 Å². The molecule has 1 aromatic carbocycles. The van der Waals surface area contributed by atoms with Crippen molar-refractivity contribution in [2.75, 3.05) is 10.6 Å². The Labute approximate surface area is 193 Å². The zero-order valence-corrected chi connectivity index (χ0v) is 18.7. The Morgan fingerprint density at radius 2 is 1.19 bits per heavy atom. The summed E-state index contributed by atoms with van der Waals surface area (Å²) in [6.07, 6.45) is 0. The van der Waals surface area contributed by atoms with Gasteiger partial charge in [0.25, 0.3) is 20.2 Å². The number of halogens is 3. The zero-order chi connectivity index (χ0) is 23.8. The number of hydrogen-bond donors (Lipinski definition) is 4. The second-order valence-corrected chi connectivity index (χ2v) is 9.39. The summed E-state index contributed by atoms with van der Waals surface area (Å²) >= 11 is 17.5. The fourth-order valence-corrected chi connectivity index (χ4v) is 4.77. The summed E-state index contributed by atoms with van der Waals surface area (Å²) in [7, 11) is -10.6. The van der Waals surface area contributed by atoms with Gasteiger partial charge in [-0.15, -0.1) is 20.4 Å². The molecule has 0 aliphatic carbocycles. The van der Waals surface area contributed by atoms with E-state index in [-0.39, 0.29) is 16.0 Å². The highest BCUT2D eigenvalue weighted by Crippen LogP contribution is 2.39. The van der Waals surface area contributed by atoms with E-state index in [1.54, 1.807) is 0 Å². The molecule has 3 aromatic rings.